The third kappa shape index (κ3) is 14.4. The average molecular weight is 580 g/mol. The molecule has 1 rings (SSSR count). The van der Waals surface area contributed by atoms with Crippen LogP contribution < -0.4 is 15.2 Å². The van der Waals surface area contributed by atoms with E-state index in [-0.39, 0.29) is 54.6 Å². The van der Waals surface area contributed by atoms with E-state index in [4.69, 9.17) is 29.4 Å². The molecule has 0 saturated heterocycles. The first-order valence-corrected chi connectivity index (χ1v) is 14.4. The molecule has 0 aliphatic heterocycles. The van der Waals surface area contributed by atoms with Crippen LogP contribution in [0.3, 0.4) is 0 Å². The number of carbonyl (C=O) groups excluding carboxylic acids is 4. The van der Waals surface area contributed by atoms with Gasteiger partial charge in [-0.2, -0.15) is 0 Å². The van der Waals surface area contributed by atoms with Gasteiger partial charge in [0, 0.05) is 12.8 Å². The highest BCUT2D eigenvalue weighted by molar-refractivity contribution is 5.77. The molecule has 10 nitrogen and oxygen atoms in total. The number of esters is 3. The topological polar surface area (TPSA) is 140 Å². The van der Waals surface area contributed by atoms with Gasteiger partial charge in [-0.05, 0) is 55.2 Å². The minimum atomic E-state index is -1.06. The Hall–Kier alpha value is -3.14. The van der Waals surface area contributed by atoms with Gasteiger partial charge in [-0.15, -0.1) is 0 Å². The van der Waals surface area contributed by atoms with Crippen LogP contribution in [0.15, 0.2) is 18.2 Å². The summed E-state index contributed by atoms with van der Waals surface area (Å²) in [5.41, 5.74) is 6.48. The molecule has 0 fully saturated rings. The van der Waals surface area contributed by atoms with Gasteiger partial charge in [-0.25, -0.2) is 4.79 Å². The molecule has 1 aromatic carbocycles. The van der Waals surface area contributed by atoms with E-state index in [9.17, 15) is 19.2 Å². The van der Waals surface area contributed by atoms with E-state index in [0.717, 1.165) is 12.8 Å². The smallest absolute Gasteiger partial charge is 0.458 e. The second kappa shape index (κ2) is 17.0. The molecule has 0 heterocycles. The lowest BCUT2D eigenvalue weighted by atomic mass is 9.99. The van der Waals surface area contributed by atoms with Crippen molar-refractivity contribution in [1.29, 1.82) is 0 Å². The standard InChI is InChI=1S/C31H49NO9/c1-10-19(3)14-27(33)40-25-13-12-23(17-26(25)41-28(34)15-20(4)11-2)16-24(32)29(35)38-21(5)22(6)39-30(36)37-18-31(7,8)9/h12-13,17,19-22,24H,10-11,14-16,18,32H2,1-9H3/t19?,20?,21-,22?,24-/m0/s1. The predicted molar refractivity (Wildman–Crippen MR) is 154 cm³/mol. The van der Waals surface area contributed by atoms with Crippen molar-refractivity contribution in [2.24, 2.45) is 23.0 Å². The van der Waals surface area contributed by atoms with Crippen molar-refractivity contribution in [3.8, 4) is 11.5 Å². The Kier molecular flexibility index (Phi) is 14.8. The van der Waals surface area contributed by atoms with E-state index in [1.807, 2.05) is 48.5 Å². The number of hydrogen-bond acceptors (Lipinski definition) is 10. The molecule has 2 N–H and O–H groups in total. The van der Waals surface area contributed by atoms with E-state index >= 15 is 0 Å². The molecule has 1 aromatic rings. The summed E-state index contributed by atoms with van der Waals surface area (Å²) >= 11 is 0. The first kappa shape index (κ1) is 35.9. The van der Waals surface area contributed by atoms with Crippen LogP contribution in [0.1, 0.15) is 93.6 Å². The molecule has 232 valence electrons. The Balaban J connectivity index is 2.91. The monoisotopic (exact) mass is 579 g/mol. The Bertz CT molecular complexity index is 1020. The number of rotatable bonds is 15. The van der Waals surface area contributed by atoms with Crippen LogP contribution in [0, 0.1) is 17.3 Å². The highest BCUT2D eigenvalue weighted by Gasteiger charge is 2.26. The largest absolute Gasteiger partial charge is 0.508 e. The van der Waals surface area contributed by atoms with E-state index in [0.29, 0.717) is 5.56 Å². The molecule has 41 heavy (non-hydrogen) atoms. The summed E-state index contributed by atoms with van der Waals surface area (Å²) in [6.45, 7) is 17.0. The fraction of sp³-hybridized carbons (Fsp3) is 0.677. The van der Waals surface area contributed by atoms with Crippen LogP contribution in [0.25, 0.3) is 0 Å². The van der Waals surface area contributed by atoms with Crippen LogP contribution in [0.5, 0.6) is 11.5 Å². The maximum atomic E-state index is 12.7. The molecule has 0 radical (unpaired) electrons. The van der Waals surface area contributed by atoms with Crippen molar-refractivity contribution in [2.75, 3.05) is 6.61 Å². The molecule has 0 aliphatic carbocycles. The maximum absolute atomic E-state index is 12.7. The zero-order valence-electron chi connectivity index (χ0n) is 26.1. The van der Waals surface area contributed by atoms with Crippen LogP contribution in [0.4, 0.5) is 4.79 Å². The highest BCUT2D eigenvalue weighted by atomic mass is 16.7. The molecular weight excluding hydrogens is 530 g/mol. The van der Waals surface area contributed by atoms with E-state index < -0.39 is 42.3 Å². The lowest BCUT2D eigenvalue weighted by Crippen LogP contribution is -2.39. The molecule has 0 aliphatic rings. The summed E-state index contributed by atoms with van der Waals surface area (Å²) < 4.78 is 26.8. The molecule has 10 heteroatoms. The summed E-state index contributed by atoms with van der Waals surface area (Å²) in [7, 11) is 0. The number of benzene rings is 1. The van der Waals surface area contributed by atoms with Gasteiger partial charge in [-0.3, -0.25) is 14.4 Å². The van der Waals surface area contributed by atoms with Crippen molar-refractivity contribution in [3.05, 3.63) is 23.8 Å². The number of nitrogens with two attached hydrogens (primary N) is 1. The van der Waals surface area contributed by atoms with Gasteiger partial charge in [0.05, 0.1) is 6.61 Å². The Morgan fingerprint density at radius 1 is 0.805 bits per heavy atom. The summed E-state index contributed by atoms with van der Waals surface area (Å²) in [4.78, 5) is 49.6. The number of carbonyl (C=O) groups is 4. The van der Waals surface area contributed by atoms with Crippen molar-refractivity contribution in [3.63, 3.8) is 0 Å². The van der Waals surface area contributed by atoms with Gasteiger partial charge < -0.3 is 29.4 Å². The molecule has 0 spiro atoms. The molecule has 5 atom stereocenters. The van der Waals surface area contributed by atoms with E-state index in [1.165, 1.54) is 12.1 Å². The normalized spacial score (nSPS) is 15.1. The predicted octanol–water partition coefficient (Wildman–Crippen LogP) is 5.76. The maximum Gasteiger partial charge on any atom is 0.508 e. The van der Waals surface area contributed by atoms with Crippen molar-refractivity contribution >= 4 is 24.1 Å². The molecule has 0 aromatic heterocycles. The van der Waals surface area contributed by atoms with E-state index in [1.54, 1.807) is 19.9 Å². The Morgan fingerprint density at radius 2 is 1.32 bits per heavy atom. The average Bonchev–Trinajstić information content (AvgIpc) is 2.87. The quantitative estimate of drug-likeness (QED) is 0.201. The SMILES string of the molecule is CCC(C)CC(=O)Oc1ccc(C[C@H](N)C(=O)O[C@@H](C)C(C)OC(=O)OCC(C)(C)C)cc1OC(=O)CC(C)CC. The minimum Gasteiger partial charge on any atom is -0.458 e. The fourth-order valence-corrected chi connectivity index (χ4v) is 3.29. The van der Waals surface area contributed by atoms with E-state index in [2.05, 4.69) is 0 Å². The third-order valence-corrected chi connectivity index (χ3v) is 6.51. The van der Waals surface area contributed by atoms with Crippen LogP contribution in [-0.2, 0) is 35.0 Å². The molecule has 3 unspecified atom stereocenters. The lowest BCUT2D eigenvalue weighted by Gasteiger charge is -2.23. The summed E-state index contributed by atoms with van der Waals surface area (Å²) in [5.74, 6) is -1.12. The van der Waals surface area contributed by atoms with Crippen LogP contribution in [-0.4, -0.2) is 48.9 Å². The van der Waals surface area contributed by atoms with Crippen LogP contribution >= 0.6 is 0 Å². The van der Waals surface area contributed by atoms with Gasteiger partial charge >= 0.3 is 24.1 Å². The van der Waals surface area contributed by atoms with Crippen LogP contribution in [0.2, 0.25) is 0 Å². The summed E-state index contributed by atoms with van der Waals surface area (Å²) in [6, 6.07) is 3.65. The summed E-state index contributed by atoms with van der Waals surface area (Å²) in [6.07, 6.45) is -0.268. The van der Waals surface area contributed by atoms with Gasteiger partial charge in [-0.1, -0.05) is 67.4 Å². The van der Waals surface area contributed by atoms with Crippen molar-refractivity contribution < 1.29 is 42.9 Å². The highest BCUT2D eigenvalue weighted by Crippen LogP contribution is 2.31. The van der Waals surface area contributed by atoms with Gasteiger partial charge in [0.2, 0.25) is 0 Å². The number of hydrogen-bond donors (Lipinski definition) is 1. The van der Waals surface area contributed by atoms with Gasteiger partial charge in [0.25, 0.3) is 0 Å². The Morgan fingerprint density at radius 3 is 1.83 bits per heavy atom. The van der Waals surface area contributed by atoms with Gasteiger partial charge in [0.15, 0.2) is 11.5 Å². The fourth-order valence-electron chi connectivity index (χ4n) is 3.29. The first-order chi connectivity index (χ1) is 19.0. The van der Waals surface area contributed by atoms with Gasteiger partial charge in [0.1, 0.15) is 18.2 Å². The molecular formula is C31H49NO9. The molecule has 0 amide bonds. The summed E-state index contributed by atoms with van der Waals surface area (Å²) in [5, 5.41) is 0. The second-order valence-corrected chi connectivity index (χ2v) is 12.0. The lowest BCUT2D eigenvalue weighted by molar-refractivity contribution is -0.155. The Labute approximate surface area is 244 Å². The van der Waals surface area contributed by atoms with Crippen molar-refractivity contribution in [2.45, 2.75) is 113 Å². The minimum absolute atomic E-state index is 0.0609. The first-order valence-electron chi connectivity index (χ1n) is 14.4. The van der Waals surface area contributed by atoms with Crippen molar-refractivity contribution in [1.82, 2.24) is 0 Å². The zero-order valence-corrected chi connectivity index (χ0v) is 26.1. The third-order valence-electron chi connectivity index (χ3n) is 6.51. The number of ether oxygens (including phenoxy) is 5. The zero-order chi connectivity index (χ0) is 31.3. The second-order valence-electron chi connectivity index (χ2n) is 12.0. The molecule has 0 bridgehead atoms. The molecule has 0 saturated carbocycles.